The molecule has 3 nitrogen and oxygen atoms in total. The lowest BCUT2D eigenvalue weighted by atomic mass is 10.1. The molecule has 0 aliphatic rings. The predicted octanol–water partition coefficient (Wildman–Crippen LogP) is 4.44. The molecule has 2 N–H and O–H groups in total. The summed E-state index contributed by atoms with van der Waals surface area (Å²) in [6.07, 6.45) is 0. The fraction of sp³-hybridized carbons (Fsp3) is 0.0714. The molecule has 6 heteroatoms. The third-order valence-electron chi connectivity index (χ3n) is 2.65. The maximum atomic E-state index is 13.3. The van der Waals surface area contributed by atoms with Crippen molar-refractivity contribution in [3.8, 4) is 0 Å². The van der Waals surface area contributed by atoms with Crippen LogP contribution in [-0.2, 0) is 6.54 Å². The summed E-state index contributed by atoms with van der Waals surface area (Å²) in [4.78, 5) is 10.9. The number of carboxylic acid groups (broad SMARTS) is 1. The van der Waals surface area contributed by atoms with Crippen molar-refractivity contribution in [1.82, 2.24) is 0 Å². The van der Waals surface area contributed by atoms with Crippen LogP contribution < -0.4 is 5.32 Å². The quantitative estimate of drug-likeness (QED) is 0.820. The van der Waals surface area contributed by atoms with E-state index in [0.29, 0.717) is 12.2 Å². The zero-order valence-electron chi connectivity index (χ0n) is 10.2. The third-order valence-corrected chi connectivity index (χ3v) is 3.20. The molecule has 0 unspecified atom stereocenters. The summed E-state index contributed by atoms with van der Waals surface area (Å²) >= 11 is 11.4. The van der Waals surface area contributed by atoms with Gasteiger partial charge >= 0.3 is 5.97 Å². The van der Waals surface area contributed by atoms with E-state index in [-0.39, 0.29) is 15.6 Å². The Hall–Kier alpha value is -1.78. The van der Waals surface area contributed by atoms with Crippen LogP contribution in [0, 0.1) is 5.82 Å². The third kappa shape index (κ3) is 3.40. The molecule has 0 aromatic heterocycles. The van der Waals surface area contributed by atoms with Crippen LogP contribution in [-0.4, -0.2) is 11.1 Å². The lowest BCUT2D eigenvalue weighted by Crippen LogP contribution is -2.02. The zero-order valence-corrected chi connectivity index (χ0v) is 11.7. The van der Waals surface area contributed by atoms with Gasteiger partial charge in [-0.25, -0.2) is 9.18 Å². The minimum atomic E-state index is -0.986. The van der Waals surface area contributed by atoms with Crippen molar-refractivity contribution >= 4 is 34.9 Å². The summed E-state index contributed by atoms with van der Waals surface area (Å²) in [5, 5.41) is 11.8. The Bertz CT molecular complexity index is 638. The van der Waals surface area contributed by atoms with Crippen molar-refractivity contribution in [2.75, 3.05) is 5.32 Å². The largest absolute Gasteiger partial charge is 0.478 e. The van der Waals surface area contributed by atoms with E-state index in [1.807, 2.05) is 0 Å². The predicted molar refractivity (Wildman–Crippen MR) is 77.1 cm³/mol. The number of aromatic carboxylic acids is 1. The molecule has 0 aliphatic heterocycles. The number of nitrogens with one attached hydrogen (secondary N) is 1. The van der Waals surface area contributed by atoms with Gasteiger partial charge in [0.2, 0.25) is 0 Å². The number of hydrogen-bond donors (Lipinski definition) is 2. The molecule has 0 spiro atoms. The first-order valence-electron chi connectivity index (χ1n) is 5.68. The molecule has 0 saturated heterocycles. The van der Waals surface area contributed by atoms with E-state index in [1.54, 1.807) is 18.2 Å². The summed E-state index contributed by atoms with van der Waals surface area (Å²) in [5.74, 6) is -1.65. The van der Waals surface area contributed by atoms with Crippen LogP contribution in [0.15, 0.2) is 36.4 Å². The van der Waals surface area contributed by atoms with E-state index in [9.17, 15) is 9.18 Å². The highest BCUT2D eigenvalue weighted by atomic mass is 35.5. The van der Waals surface area contributed by atoms with Crippen LogP contribution >= 0.6 is 23.2 Å². The van der Waals surface area contributed by atoms with Gasteiger partial charge in [0.15, 0.2) is 5.82 Å². The molecule has 0 saturated carbocycles. The molecule has 2 rings (SSSR count). The van der Waals surface area contributed by atoms with Gasteiger partial charge in [-0.2, -0.15) is 0 Å². The highest BCUT2D eigenvalue weighted by Crippen LogP contribution is 2.27. The monoisotopic (exact) mass is 313 g/mol. The molecule has 104 valence electrons. The molecule has 0 bridgehead atoms. The average molecular weight is 314 g/mol. The fourth-order valence-corrected chi connectivity index (χ4v) is 2.16. The zero-order chi connectivity index (χ0) is 14.7. The van der Waals surface area contributed by atoms with Gasteiger partial charge in [0.05, 0.1) is 15.6 Å². The van der Waals surface area contributed by atoms with Gasteiger partial charge < -0.3 is 10.4 Å². The van der Waals surface area contributed by atoms with Crippen molar-refractivity contribution in [3.05, 3.63) is 63.4 Å². The standard InChI is InChI=1S/C14H10Cl2FNO2/c15-11-5-10(6-12(16)13(11)17)18-7-8-2-1-3-9(4-8)14(19)20/h1-6,18H,7H2,(H,19,20). The van der Waals surface area contributed by atoms with E-state index >= 15 is 0 Å². The van der Waals surface area contributed by atoms with Crippen molar-refractivity contribution in [3.63, 3.8) is 0 Å². The van der Waals surface area contributed by atoms with Gasteiger partial charge in [0, 0.05) is 12.2 Å². The molecule has 0 radical (unpaired) electrons. The summed E-state index contributed by atoms with van der Waals surface area (Å²) in [7, 11) is 0. The number of anilines is 1. The Kier molecular flexibility index (Phi) is 4.47. The molecule has 0 aliphatic carbocycles. The minimum absolute atomic E-state index is 0.0701. The maximum Gasteiger partial charge on any atom is 0.335 e. The van der Waals surface area contributed by atoms with Crippen LogP contribution in [0.2, 0.25) is 10.0 Å². The molecule has 20 heavy (non-hydrogen) atoms. The van der Waals surface area contributed by atoms with Crippen LogP contribution in [0.5, 0.6) is 0 Å². The van der Waals surface area contributed by atoms with E-state index < -0.39 is 11.8 Å². The number of halogens is 3. The van der Waals surface area contributed by atoms with Crippen LogP contribution in [0.1, 0.15) is 15.9 Å². The highest BCUT2D eigenvalue weighted by molar-refractivity contribution is 6.35. The highest BCUT2D eigenvalue weighted by Gasteiger charge is 2.08. The van der Waals surface area contributed by atoms with Gasteiger partial charge in [-0.1, -0.05) is 35.3 Å². The molecular weight excluding hydrogens is 304 g/mol. The van der Waals surface area contributed by atoms with Crippen molar-refractivity contribution < 1.29 is 14.3 Å². The molecule has 2 aromatic carbocycles. The number of hydrogen-bond acceptors (Lipinski definition) is 2. The second kappa shape index (κ2) is 6.11. The summed E-state index contributed by atoms with van der Waals surface area (Å²) in [6.45, 7) is 0.374. The Balaban J connectivity index is 2.13. The van der Waals surface area contributed by atoms with Crippen LogP contribution in [0.4, 0.5) is 10.1 Å². The number of carbonyl (C=O) groups is 1. The number of rotatable bonds is 4. The lowest BCUT2D eigenvalue weighted by molar-refractivity contribution is 0.0697. The lowest BCUT2D eigenvalue weighted by Gasteiger charge is -2.09. The first-order valence-corrected chi connectivity index (χ1v) is 6.43. The second-order valence-corrected chi connectivity index (χ2v) is 4.93. The van der Waals surface area contributed by atoms with Gasteiger partial charge in [0.1, 0.15) is 0 Å². The normalized spacial score (nSPS) is 10.3. The van der Waals surface area contributed by atoms with Gasteiger partial charge in [-0.15, -0.1) is 0 Å². The molecular formula is C14H10Cl2FNO2. The first kappa shape index (κ1) is 14.6. The molecule has 0 fully saturated rings. The Morgan fingerprint density at radius 3 is 2.45 bits per heavy atom. The van der Waals surface area contributed by atoms with E-state index in [4.69, 9.17) is 28.3 Å². The summed E-state index contributed by atoms with van der Waals surface area (Å²) in [6, 6.07) is 9.35. The molecule has 0 amide bonds. The Labute approximate surface area is 124 Å². The SMILES string of the molecule is O=C(O)c1cccc(CNc2cc(Cl)c(F)c(Cl)c2)c1. The van der Waals surface area contributed by atoms with Crippen molar-refractivity contribution in [2.24, 2.45) is 0 Å². The minimum Gasteiger partial charge on any atom is -0.478 e. The molecule has 0 atom stereocenters. The number of carboxylic acids is 1. The topological polar surface area (TPSA) is 49.3 Å². The Morgan fingerprint density at radius 2 is 1.85 bits per heavy atom. The molecule has 0 heterocycles. The van der Waals surface area contributed by atoms with Gasteiger partial charge in [0.25, 0.3) is 0 Å². The van der Waals surface area contributed by atoms with Crippen LogP contribution in [0.25, 0.3) is 0 Å². The fourth-order valence-electron chi connectivity index (χ4n) is 1.68. The van der Waals surface area contributed by atoms with E-state index in [1.165, 1.54) is 18.2 Å². The van der Waals surface area contributed by atoms with E-state index in [2.05, 4.69) is 5.32 Å². The van der Waals surface area contributed by atoms with Gasteiger partial charge in [-0.05, 0) is 29.8 Å². The van der Waals surface area contributed by atoms with Crippen molar-refractivity contribution in [2.45, 2.75) is 6.54 Å². The summed E-state index contributed by atoms with van der Waals surface area (Å²) in [5.41, 5.74) is 1.54. The first-order chi connectivity index (χ1) is 9.47. The van der Waals surface area contributed by atoms with Gasteiger partial charge in [-0.3, -0.25) is 0 Å². The van der Waals surface area contributed by atoms with E-state index in [0.717, 1.165) is 5.56 Å². The average Bonchev–Trinajstić information content (AvgIpc) is 2.42. The maximum absolute atomic E-state index is 13.3. The Morgan fingerprint density at radius 1 is 1.20 bits per heavy atom. The summed E-state index contributed by atoms with van der Waals surface area (Å²) < 4.78 is 13.3. The number of benzene rings is 2. The van der Waals surface area contributed by atoms with Crippen LogP contribution in [0.3, 0.4) is 0 Å². The second-order valence-electron chi connectivity index (χ2n) is 4.11. The molecule has 2 aromatic rings. The smallest absolute Gasteiger partial charge is 0.335 e. The van der Waals surface area contributed by atoms with Crippen molar-refractivity contribution in [1.29, 1.82) is 0 Å².